The standard InChI is InChI=1S/C6H9Cl.C6H12O7/c1-2-3-4-5-6-7;7-1-2(8)3(9)4(10)5(11)6(12)13/h3-6H,2H2,1H3;2-5,7-11H,1H2,(H,12,13). The Morgan fingerprint density at radius 2 is 1.70 bits per heavy atom. The second-order valence-electron chi connectivity index (χ2n) is 3.67. The zero-order valence-electron chi connectivity index (χ0n) is 11.0. The molecule has 4 unspecified atom stereocenters. The first-order valence-corrected chi connectivity index (χ1v) is 6.24. The lowest BCUT2D eigenvalue weighted by Gasteiger charge is -2.23. The summed E-state index contributed by atoms with van der Waals surface area (Å²) >= 11 is 5.21. The number of aliphatic hydroxyl groups excluding tert-OH is 5. The van der Waals surface area contributed by atoms with E-state index in [2.05, 4.69) is 6.92 Å². The molecule has 0 aliphatic heterocycles. The van der Waals surface area contributed by atoms with E-state index in [1.54, 1.807) is 6.08 Å². The minimum Gasteiger partial charge on any atom is -0.479 e. The molecule has 118 valence electrons. The molecule has 0 saturated heterocycles. The first-order valence-electron chi connectivity index (χ1n) is 5.81. The van der Waals surface area contributed by atoms with Gasteiger partial charge in [-0.15, -0.1) is 0 Å². The number of carboxylic acid groups (broad SMARTS) is 1. The van der Waals surface area contributed by atoms with Gasteiger partial charge in [0.2, 0.25) is 0 Å². The fourth-order valence-electron chi connectivity index (χ4n) is 0.925. The lowest BCUT2D eigenvalue weighted by molar-refractivity contribution is -0.164. The van der Waals surface area contributed by atoms with E-state index in [0.717, 1.165) is 6.42 Å². The van der Waals surface area contributed by atoms with Crippen molar-refractivity contribution >= 4 is 17.6 Å². The summed E-state index contributed by atoms with van der Waals surface area (Å²) in [6.45, 7) is 1.24. The number of halogens is 1. The lowest BCUT2D eigenvalue weighted by Crippen LogP contribution is -2.48. The molecule has 0 aliphatic carbocycles. The highest BCUT2D eigenvalue weighted by molar-refractivity contribution is 6.25. The van der Waals surface area contributed by atoms with E-state index in [0.29, 0.717) is 0 Å². The molecule has 0 rings (SSSR count). The van der Waals surface area contributed by atoms with Crippen molar-refractivity contribution < 1.29 is 35.4 Å². The molecular weight excluding hydrogens is 292 g/mol. The predicted octanol–water partition coefficient (Wildman–Crippen LogP) is -0.788. The maximum absolute atomic E-state index is 10.1. The van der Waals surface area contributed by atoms with Gasteiger partial charge < -0.3 is 30.6 Å². The van der Waals surface area contributed by atoms with E-state index in [-0.39, 0.29) is 0 Å². The summed E-state index contributed by atoms with van der Waals surface area (Å²) in [5.74, 6) is -1.73. The normalized spacial score (nSPS) is 17.4. The third kappa shape index (κ3) is 9.90. The van der Waals surface area contributed by atoms with Gasteiger partial charge in [0.05, 0.1) is 6.61 Å². The van der Waals surface area contributed by atoms with Crippen molar-refractivity contribution in [2.24, 2.45) is 0 Å². The summed E-state index contributed by atoms with van der Waals surface area (Å²) in [6.07, 6.45) is -1.01. The number of carboxylic acids is 1. The van der Waals surface area contributed by atoms with Crippen molar-refractivity contribution in [3.63, 3.8) is 0 Å². The molecule has 0 amide bonds. The topological polar surface area (TPSA) is 138 Å². The second kappa shape index (κ2) is 13.0. The summed E-state index contributed by atoms with van der Waals surface area (Å²) in [4.78, 5) is 10.1. The maximum Gasteiger partial charge on any atom is 0.335 e. The summed E-state index contributed by atoms with van der Waals surface area (Å²) in [7, 11) is 0. The quantitative estimate of drug-likeness (QED) is 0.339. The van der Waals surface area contributed by atoms with Crippen LogP contribution in [0.4, 0.5) is 0 Å². The van der Waals surface area contributed by atoms with E-state index in [1.807, 2.05) is 12.2 Å². The van der Waals surface area contributed by atoms with Crippen LogP contribution in [0.1, 0.15) is 13.3 Å². The van der Waals surface area contributed by atoms with Crippen LogP contribution in [-0.2, 0) is 4.79 Å². The van der Waals surface area contributed by atoms with Gasteiger partial charge in [-0.3, -0.25) is 0 Å². The molecule has 0 aromatic heterocycles. The Morgan fingerprint density at radius 3 is 2.05 bits per heavy atom. The number of rotatable bonds is 7. The highest BCUT2D eigenvalue weighted by Gasteiger charge is 2.33. The van der Waals surface area contributed by atoms with E-state index >= 15 is 0 Å². The van der Waals surface area contributed by atoms with Crippen molar-refractivity contribution in [3.05, 3.63) is 23.8 Å². The summed E-state index contributed by atoms with van der Waals surface area (Å²) < 4.78 is 0. The molecule has 6 N–H and O–H groups in total. The van der Waals surface area contributed by atoms with Crippen LogP contribution in [0.5, 0.6) is 0 Å². The molecule has 0 radical (unpaired) electrons. The molecule has 0 aliphatic rings. The number of aliphatic hydroxyl groups is 5. The molecule has 0 bridgehead atoms. The van der Waals surface area contributed by atoms with Gasteiger partial charge in [0, 0.05) is 5.54 Å². The molecule has 20 heavy (non-hydrogen) atoms. The fraction of sp³-hybridized carbons (Fsp3) is 0.583. The third-order valence-electron chi connectivity index (χ3n) is 2.06. The van der Waals surface area contributed by atoms with Crippen LogP contribution in [0.3, 0.4) is 0 Å². The Balaban J connectivity index is 0. The highest BCUT2D eigenvalue weighted by Crippen LogP contribution is 2.04. The summed E-state index contributed by atoms with van der Waals surface area (Å²) in [5, 5.41) is 51.8. The smallest absolute Gasteiger partial charge is 0.335 e. The Labute approximate surface area is 122 Å². The van der Waals surface area contributed by atoms with E-state index < -0.39 is 37.0 Å². The van der Waals surface area contributed by atoms with Crippen molar-refractivity contribution in [1.82, 2.24) is 0 Å². The van der Waals surface area contributed by atoms with E-state index in [9.17, 15) is 4.79 Å². The van der Waals surface area contributed by atoms with Gasteiger partial charge in [-0.05, 0) is 6.42 Å². The number of allylic oxidation sites excluding steroid dienone is 3. The van der Waals surface area contributed by atoms with Crippen LogP contribution < -0.4 is 0 Å². The number of hydrogen-bond acceptors (Lipinski definition) is 6. The van der Waals surface area contributed by atoms with Crippen LogP contribution in [0.15, 0.2) is 23.8 Å². The Hall–Kier alpha value is -0.960. The van der Waals surface area contributed by atoms with Gasteiger partial charge in [-0.25, -0.2) is 4.79 Å². The van der Waals surface area contributed by atoms with Crippen molar-refractivity contribution in [3.8, 4) is 0 Å². The average Bonchev–Trinajstić information content (AvgIpc) is 2.45. The van der Waals surface area contributed by atoms with Crippen molar-refractivity contribution in [1.29, 1.82) is 0 Å². The molecule has 8 heteroatoms. The van der Waals surface area contributed by atoms with Crippen LogP contribution in [0.25, 0.3) is 0 Å². The minimum atomic E-state index is -2.20. The van der Waals surface area contributed by atoms with Crippen LogP contribution in [0, 0.1) is 0 Å². The molecule has 0 saturated carbocycles. The van der Waals surface area contributed by atoms with Gasteiger partial charge in [0.15, 0.2) is 6.10 Å². The lowest BCUT2D eigenvalue weighted by atomic mass is 10.0. The van der Waals surface area contributed by atoms with Gasteiger partial charge in [-0.1, -0.05) is 36.8 Å². The largest absolute Gasteiger partial charge is 0.479 e. The Bertz CT molecular complexity index is 306. The van der Waals surface area contributed by atoms with Crippen LogP contribution in [0.2, 0.25) is 0 Å². The molecule has 0 fully saturated rings. The number of hydrogen-bond donors (Lipinski definition) is 6. The minimum absolute atomic E-state index is 0.843. The van der Waals surface area contributed by atoms with E-state index in [1.165, 1.54) is 5.54 Å². The SMILES string of the molecule is CCC=CC=CCl.O=C(O)C(O)C(O)C(O)C(O)CO. The molecule has 0 spiro atoms. The molecule has 4 atom stereocenters. The van der Waals surface area contributed by atoms with Crippen molar-refractivity contribution in [2.45, 2.75) is 37.8 Å². The Kier molecular flexibility index (Phi) is 13.9. The summed E-state index contributed by atoms with van der Waals surface area (Å²) in [6, 6.07) is 0. The van der Waals surface area contributed by atoms with E-state index in [4.69, 9.17) is 42.2 Å². The van der Waals surface area contributed by atoms with Crippen LogP contribution in [-0.4, -0.2) is 67.6 Å². The molecule has 0 heterocycles. The fourth-order valence-corrected chi connectivity index (χ4v) is 1.01. The number of carbonyl (C=O) groups is 1. The summed E-state index contributed by atoms with van der Waals surface area (Å²) in [5.41, 5.74) is 1.49. The Morgan fingerprint density at radius 1 is 1.15 bits per heavy atom. The second-order valence-corrected chi connectivity index (χ2v) is 3.92. The first-order chi connectivity index (χ1) is 9.33. The van der Waals surface area contributed by atoms with Crippen LogP contribution >= 0.6 is 11.6 Å². The van der Waals surface area contributed by atoms with Gasteiger partial charge in [-0.2, -0.15) is 0 Å². The number of aliphatic carboxylic acids is 1. The predicted molar refractivity (Wildman–Crippen MR) is 73.2 cm³/mol. The van der Waals surface area contributed by atoms with Gasteiger partial charge >= 0.3 is 5.97 Å². The monoisotopic (exact) mass is 312 g/mol. The maximum atomic E-state index is 10.1. The van der Waals surface area contributed by atoms with Gasteiger partial charge in [0.1, 0.15) is 18.3 Å². The molecule has 0 aromatic carbocycles. The molecular formula is C12H21ClO7. The first kappa shape index (κ1) is 21.3. The zero-order valence-corrected chi connectivity index (χ0v) is 11.8. The zero-order chi connectivity index (χ0) is 16.1. The highest BCUT2D eigenvalue weighted by atomic mass is 35.5. The molecule has 7 nitrogen and oxygen atoms in total. The van der Waals surface area contributed by atoms with Gasteiger partial charge in [0.25, 0.3) is 0 Å². The molecule has 0 aromatic rings. The average molecular weight is 313 g/mol. The third-order valence-corrected chi connectivity index (χ3v) is 2.21. The van der Waals surface area contributed by atoms with Crippen molar-refractivity contribution in [2.75, 3.05) is 6.61 Å².